The summed E-state index contributed by atoms with van der Waals surface area (Å²) in [6, 6.07) is 17.5. The van der Waals surface area contributed by atoms with Crippen LogP contribution in [0.4, 0.5) is 0 Å². The quantitative estimate of drug-likeness (QED) is 0.376. The molecule has 1 saturated heterocycles. The number of aliphatic hydroxyl groups excluding tert-OH is 1. The molecule has 134 valence electrons. The highest BCUT2D eigenvalue weighted by atomic mass is 16.5. The predicted molar refractivity (Wildman–Crippen MR) is 98.4 cm³/mol. The molecule has 1 atom stereocenters. The van der Waals surface area contributed by atoms with E-state index in [4.69, 9.17) is 4.74 Å². The fraction of sp³-hybridized carbons (Fsp3) is 0.238. The number of methoxy groups -OCH3 is 1. The van der Waals surface area contributed by atoms with E-state index in [0.717, 1.165) is 5.56 Å². The normalized spacial score (nSPS) is 19.1. The maximum atomic E-state index is 12.7. The number of carbonyl (C=O) groups is 2. The molecule has 0 aromatic heterocycles. The number of ether oxygens (including phenoxy) is 1. The van der Waals surface area contributed by atoms with Gasteiger partial charge in [0, 0.05) is 25.8 Å². The smallest absolute Gasteiger partial charge is 0.295 e. The van der Waals surface area contributed by atoms with Crippen LogP contribution in [-0.4, -0.2) is 42.0 Å². The second kappa shape index (κ2) is 7.97. The van der Waals surface area contributed by atoms with Crippen molar-refractivity contribution in [1.29, 1.82) is 0 Å². The van der Waals surface area contributed by atoms with Crippen molar-refractivity contribution in [2.24, 2.45) is 0 Å². The molecule has 5 heteroatoms. The van der Waals surface area contributed by atoms with Crippen molar-refractivity contribution in [3.63, 3.8) is 0 Å². The highest BCUT2D eigenvalue weighted by molar-refractivity contribution is 6.46. The molecule has 26 heavy (non-hydrogen) atoms. The standard InChI is InChI=1S/C21H21NO4/c1-26-14-8-13-22-18(15-9-4-2-5-10-15)17(20(24)21(22)25)19(23)16-11-6-3-7-12-16/h2-7,9-12,18,23H,8,13-14H2,1H3/b19-17+. The van der Waals surface area contributed by atoms with Gasteiger partial charge in [0.1, 0.15) is 5.76 Å². The van der Waals surface area contributed by atoms with Gasteiger partial charge >= 0.3 is 0 Å². The van der Waals surface area contributed by atoms with Crippen LogP contribution in [0.5, 0.6) is 0 Å². The van der Waals surface area contributed by atoms with E-state index in [2.05, 4.69) is 0 Å². The van der Waals surface area contributed by atoms with Crippen LogP contribution in [0, 0.1) is 0 Å². The van der Waals surface area contributed by atoms with Crippen LogP contribution in [-0.2, 0) is 14.3 Å². The summed E-state index contributed by atoms with van der Waals surface area (Å²) in [5, 5.41) is 10.8. The Hall–Kier alpha value is -2.92. The van der Waals surface area contributed by atoms with Crippen molar-refractivity contribution >= 4 is 17.4 Å². The topological polar surface area (TPSA) is 66.8 Å². The van der Waals surface area contributed by atoms with Gasteiger partial charge in [-0.1, -0.05) is 60.7 Å². The first kappa shape index (κ1) is 17.9. The molecule has 1 heterocycles. The molecule has 0 radical (unpaired) electrons. The number of benzene rings is 2. The third-order valence-electron chi connectivity index (χ3n) is 4.45. The Balaban J connectivity index is 2.09. The van der Waals surface area contributed by atoms with Crippen LogP contribution in [0.3, 0.4) is 0 Å². The minimum Gasteiger partial charge on any atom is -0.507 e. The summed E-state index contributed by atoms with van der Waals surface area (Å²) < 4.78 is 5.06. The summed E-state index contributed by atoms with van der Waals surface area (Å²) >= 11 is 0. The van der Waals surface area contributed by atoms with Crippen molar-refractivity contribution < 1.29 is 19.4 Å². The van der Waals surface area contributed by atoms with Gasteiger partial charge in [0.2, 0.25) is 0 Å². The minimum absolute atomic E-state index is 0.129. The summed E-state index contributed by atoms with van der Waals surface area (Å²) in [7, 11) is 1.60. The van der Waals surface area contributed by atoms with E-state index in [1.807, 2.05) is 36.4 Å². The van der Waals surface area contributed by atoms with Crippen LogP contribution in [0.1, 0.15) is 23.6 Å². The molecule has 1 unspecified atom stereocenters. The summed E-state index contributed by atoms with van der Waals surface area (Å²) in [5.41, 5.74) is 1.44. The molecule has 2 aromatic carbocycles. The largest absolute Gasteiger partial charge is 0.507 e. The number of hydrogen-bond acceptors (Lipinski definition) is 4. The first-order valence-corrected chi connectivity index (χ1v) is 8.53. The molecule has 0 spiro atoms. The molecule has 1 amide bonds. The summed E-state index contributed by atoms with van der Waals surface area (Å²) in [4.78, 5) is 26.8. The molecule has 1 aliphatic rings. The van der Waals surface area contributed by atoms with Gasteiger partial charge in [-0.2, -0.15) is 0 Å². The first-order valence-electron chi connectivity index (χ1n) is 8.53. The van der Waals surface area contributed by atoms with Crippen LogP contribution >= 0.6 is 0 Å². The molecule has 0 aliphatic carbocycles. The van der Waals surface area contributed by atoms with Gasteiger partial charge in [0.15, 0.2) is 0 Å². The minimum atomic E-state index is -0.655. The molecule has 0 saturated carbocycles. The second-order valence-corrected chi connectivity index (χ2v) is 6.12. The van der Waals surface area contributed by atoms with E-state index in [-0.39, 0.29) is 11.3 Å². The van der Waals surface area contributed by atoms with Crippen molar-refractivity contribution in [1.82, 2.24) is 4.90 Å². The maximum absolute atomic E-state index is 12.7. The van der Waals surface area contributed by atoms with E-state index < -0.39 is 17.7 Å². The van der Waals surface area contributed by atoms with Gasteiger partial charge in [0.25, 0.3) is 11.7 Å². The molecule has 1 aliphatic heterocycles. The van der Waals surface area contributed by atoms with Gasteiger partial charge in [-0.05, 0) is 12.0 Å². The Morgan fingerprint density at radius 2 is 1.65 bits per heavy atom. The monoisotopic (exact) mass is 351 g/mol. The SMILES string of the molecule is COCCCN1C(=O)C(=O)/C(=C(/O)c2ccccc2)C1c1ccccc1. The Morgan fingerprint density at radius 1 is 1.04 bits per heavy atom. The van der Waals surface area contributed by atoms with E-state index in [1.54, 1.807) is 31.4 Å². The van der Waals surface area contributed by atoms with Gasteiger partial charge in [0.05, 0.1) is 11.6 Å². The number of carbonyl (C=O) groups excluding carboxylic acids is 2. The van der Waals surface area contributed by atoms with Gasteiger partial charge in [-0.25, -0.2) is 0 Å². The third-order valence-corrected chi connectivity index (χ3v) is 4.45. The number of ketones is 1. The number of rotatable bonds is 6. The second-order valence-electron chi connectivity index (χ2n) is 6.12. The zero-order chi connectivity index (χ0) is 18.5. The number of aliphatic hydroxyl groups is 1. The number of likely N-dealkylation sites (tertiary alicyclic amines) is 1. The zero-order valence-electron chi connectivity index (χ0n) is 14.6. The molecule has 1 N–H and O–H groups in total. The molecular weight excluding hydrogens is 330 g/mol. The highest BCUT2D eigenvalue weighted by Crippen LogP contribution is 2.39. The molecule has 3 rings (SSSR count). The summed E-state index contributed by atoms with van der Waals surface area (Å²) in [5.74, 6) is -1.39. The lowest BCUT2D eigenvalue weighted by Crippen LogP contribution is -2.31. The Bertz CT molecular complexity index is 814. The molecular formula is C21H21NO4. The van der Waals surface area contributed by atoms with Crippen LogP contribution in [0.15, 0.2) is 66.2 Å². The van der Waals surface area contributed by atoms with Crippen molar-refractivity contribution in [3.8, 4) is 0 Å². The van der Waals surface area contributed by atoms with Crippen molar-refractivity contribution in [2.75, 3.05) is 20.3 Å². The molecule has 1 fully saturated rings. The van der Waals surface area contributed by atoms with E-state index >= 15 is 0 Å². The van der Waals surface area contributed by atoms with Gasteiger partial charge in [-0.15, -0.1) is 0 Å². The van der Waals surface area contributed by atoms with Gasteiger partial charge < -0.3 is 14.7 Å². The molecule has 5 nitrogen and oxygen atoms in total. The average Bonchev–Trinajstić information content (AvgIpc) is 2.94. The maximum Gasteiger partial charge on any atom is 0.295 e. The lowest BCUT2D eigenvalue weighted by molar-refractivity contribution is -0.140. The first-order chi connectivity index (χ1) is 12.6. The highest BCUT2D eigenvalue weighted by Gasteiger charge is 2.45. The summed E-state index contributed by atoms with van der Waals surface area (Å²) in [6.07, 6.45) is 0.609. The fourth-order valence-corrected chi connectivity index (χ4v) is 3.22. The summed E-state index contributed by atoms with van der Waals surface area (Å²) in [6.45, 7) is 0.868. The van der Waals surface area contributed by atoms with Crippen molar-refractivity contribution in [3.05, 3.63) is 77.4 Å². The van der Waals surface area contributed by atoms with Crippen molar-refractivity contribution in [2.45, 2.75) is 12.5 Å². The number of Topliss-reactive ketones (excluding diaryl/α,β-unsaturated/α-hetero) is 1. The lowest BCUT2D eigenvalue weighted by atomic mass is 9.95. The third kappa shape index (κ3) is 3.39. The van der Waals surface area contributed by atoms with E-state index in [9.17, 15) is 14.7 Å². The van der Waals surface area contributed by atoms with Gasteiger partial charge in [-0.3, -0.25) is 9.59 Å². The van der Waals surface area contributed by atoms with E-state index in [1.165, 1.54) is 4.90 Å². The zero-order valence-corrected chi connectivity index (χ0v) is 14.6. The van der Waals surface area contributed by atoms with Crippen LogP contribution in [0.25, 0.3) is 5.76 Å². The number of amides is 1. The van der Waals surface area contributed by atoms with Crippen LogP contribution < -0.4 is 0 Å². The molecule has 2 aromatic rings. The predicted octanol–water partition coefficient (Wildman–Crippen LogP) is 3.14. The fourth-order valence-electron chi connectivity index (χ4n) is 3.22. The number of nitrogens with zero attached hydrogens (tertiary/aromatic N) is 1. The van der Waals surface area contributed by atoms with E-state index in [0.29, 0.717) is 25.1 Å². The lowest BCUT2D eigenvalue weighted by Gasteiger charge is -2.25. The Labute approximate surface area is 152 Å². The Kier molecular flexibility index (Phi) is 5.49. The molecule has 0 bridgehead atoms. The number of hydrogen-bond donors (Lipinski definition) is 1. The Morgan fingerprint density at radius 3 is 2.27 bits per heavy atom. The average molecular weight is 351 g/mol. The van der Waals surface area contributed by atoms with Crippen LogP contribution in [0.2, 0.25) is 0 Å².